The van der Waals surface area contributed by atoms with Gasteiger partial charge >= 0.3 is 0 Å². The van der Waals surface area contributed by atoms with Crippen LogP contribution in [0.5, 0.6) is 0 Å². The molecule has 2 aromatic carbocycles. The molecule has 1 aliphatic carbocycles. The van der Waals surface area contributed by atoms with Gasteiger partial charge in [-0.05, 0) is 81.0 Å². The van der Waals surface area contributed by atoms with Crippen LogP contribution in [0.2, 0.25) is 5.02 Å². The van der Waals surface area contributed by atoms with Crippen LogP contribution in [0.1, 0.15) is 75.8 Å². The molecule has 0 saturated heterocycles. The van der Waals surface area contributed by atoms with Gasteiger partial charge in [0.1, 0.15) is 16.9 Å². The van der Waals surface area contributed by atoms with Crippen molar-refractivity contribution in [1.82, 2.24) is 14.8 Å². The highest BCUT2D eigenvalue weighted by molar-refractivity contribution is 7.15. The van der Waals surface area contributed by atoms with Gasteiger partial charge < -0.3 is 10.1 Å². The van der Waals surface area contributed by atoms with Gasteiger partial charge in [0.2, 0.25) is 5.91 Å². The molecule has 4 aromatic rings. The number of anilines is 1. The fraction of sp³-hybridized carbons (Fsp3) is 0.333. The van der Waals surface area contributed by atoms with E-state index >= 15 is 0 Å². The Morgan fingerprint density at radius 1 is 1.15 bits per heavy atom. The number of methoxy groups -OCH3 is 1. The van der Waals surface area contributed by atoms with Gasteiger partial charge in [-0.2, -0.15) is 0 Å². The maximum Gasteiger partial charge on any atom is 0.227 e. The topological polar surface area (TPSA) is 81.4 Å². The van der Waals surface area contributed by atoms with E-state index in [9.17, 15) is 4.79 Å². The molecule has 3 heterocycles. The van der Waals surface area contributed by atoms with Gasteiger partial charge in [-0.15, -0.1) is 21.5 Å². The van der Waals surface area contributed by atoms with Crippen molar-refractivity contribution in [2.45, 2.75) is 58.6 Å². The summed E-state index contributed by atoms with van der Waals surface area (Å²) in [6, 6.07) is 13.3. The summed E-state index contributed by atoms with van der Waals surface area (Å²) in [5, 5.41) is 13.7. The molecule has 2 aliphatic rings. The summed E-state index contributed by atoms with van der Waals surface area (Å²) in [6.45, 7) is 6.17. The lowest BCUT2D eigenvalue weighted by Gasteiger charge is -2.25. The van der Waals surface area contributed by atoms with Gasteiger partial charge in [0.25, 0.3) is 0 Å². The lowest BCUT2D eigenvalue weighted by atomic mass is 9.89. The first-order valence-electron chi connectivity index (χ1n) is 13.2. The third-order valence-corrected chi connectivity index (χ3v) is 9.15. The van der Waals surface area contributed by atoms with E-state index in [4.69, 9.17) is 21.3 Å². The summed E-state index contributed by atoms with van der Waals surface area (Å²) in [5.74, 6) is 1.32. The summed E-state index contributed by atoms with van der Waals surface area (Å²) in [4.78, 5) is 19.8. The predicted molar refractivity (Wildman–Crippen MR) is 156 cm³/mol. The number of thiophene rings is 1. The lowest BCUT2D eigenvalue weighted by Crippen LogP contribution is -2.18. The fourth-order valence-corrected chi connectivity index (χ4v) is 6.95. The van der Waals surface area contributed by atoms with Crippen molar-refractivity contribution in [1.29, 1.82) is 0 Å². The molecule has 0 saturated carbocycles. The second-order valence-corrected chi connectivity index (χ2v) is 11.8. The van der Waals surface area contributed by atoms with Crippen LogP contribution in [0.3, 0.4) is 0 Å². The predicted octanol–water partition coefficient (Wildman–Crippen LogP) is 6.85. The van der Waals surface area contributed by atoms with Crippen molar-refractivity contribution in [2.24, 2.45) is 4.99 Å². The maximum atomic E-state index is 13.4. The second-order valence-electron chi connectivity index (χ2n) is 10.2. The van der Waals surface area contributed by atoms with Gasteiger partial charge in [0.15, 0.2) is 5.82 Å². The number of ether oxygens (including phenoxy) is 1. The zero-order valence-corrected chi connectivity index (χ0v) is 24.0. The molecule has 0 unspecified atom stereocenters. The number of nitrogens with zero attached hydrogens (tertiary/aromatic N) is 4. The number of rotatable bonds is 5. The Labute approximate surface area is 236 Å². The smallest absolute Gasteiger partial charge is 0.227 e. The first kappa shape index (κ1) is 25.9. The number of aryl methyl sites for hydroxylation is 3. The summed E-state index contributed by atoms with van der Waals surface area (Å²) >= 11 is 7.91. The van der Waals surface area contributed by atoms with E-state index in [0.717, 1.165) is 58.2 Å². The van der Waals surface area contributed by atoms with E-state index in [1.54, 1.807) is 18.4 Å². The number of benzene rings is 2. The molecule has 2 aromatic heterocycles. The molecule has 9 heteroatoms. The van der Waals surface area contributed by atoms with Crippen LogP contribution in [-0.4, -0.2) is 33.5 Å². The number of aromatic nitrogens is 3. The number of fused-ring (bicyclic) bond motifs is 4. The summed E-state index contributed by atoms with van der Waals surface area (Å²) in [5.41, 5.74) is 7.23. The van der Waals surface area contributed by atoms with Gasteiger partial charge in [-0.3, -0.25) is 14.4 Å². The Hall–Kier alpha value is -3.33. The molecule has 0 bridgehead atoms. The van der Waals surface area contributed by atoms with Crippen LogP contribution in [-0.2, 0) is 16.0 Å². The van der Waals surface area contributed by atoms with Crippen molar-refractivity contribution >= 4 is 40.2 Å². The van der Waals surface area contributed by atoms with Crippen LogP contribution in [0.15, 0.2) is 47.5 Å². The zero-order chi connectivity index (χ0) is 27.3. The summed E-state index contributed by atoms with van der Waals surface area (Å²) in [7, 11) is 1.75. The van der Waals surface area contributed by atoms with Gasteiger partial charge in [-0.25, -0.2) is 0 Å². The van der Waals surface area contributed by atoms with Crippen molar-refractivity contribution in [3.05, 3.63) is 91.8 Å². The molecule has 1 N–H and O–H groups in total. The number of halogens is 1. The van der Waals surface area contributed by atoms with E-state index in [0.29, 0.717) is 10.8 Å². The van der Waals surface area contributed by atoms with Gasteiger partial charge in [-0.1, -0.05) is 29.8 Å². The number of carbonyl (C=O) groups excluding carboxylic acids is 1. The van der Waals surface area contributed by atoms with Gasteiger partial charge in [0, 0.05) is 33.8 Å². The van der Waals surface area contributed by atoms with Crippen molar-refractivity contribution in [3.8, 4) is 5.00 Å². The molecular formula is C30H30ClN5O2S. The van der Waals surface area contributed by atoms with Crippen molar-refractivity contribution < 1.29 is 9.53 Å². The second kappa shape index (κ2) is 10.3. The average molecular weight is 560 g/mol. The van der Waals surface area contributed by atoms with Crippen molar-refractivity contribution in [3.63, 3.8) is 0 Å². The number of carbonyl (C=O) groups is 1. The fourth-order valence-electron chi connectivity index (χ4n) is 5.61. The first-order chi connectivity index (χ1) is 18.8. The van der Waals surface area contributed by atoms with Crippen LogP contribution < -0.4 is 5.32 Å². The van der Waals surface area contributed by atoms with E-state index in [1.807, 2.05) is 37.3 Å². The van der Waals surface area contributed by atoms with Crippen LogP contribution >= 0.6 is 22.9 Å². The molecule has 1 amide bonds. The molecule has 200 valence electrons. The largest absolute Gasteiger partial charge is 0.377 e. The molecule has 39 heavy (non-hydrogen) atoms. The number of amides is 1. The highest BCUT2D eigenvalue weighted by atomic mass is 35.5. The van der Waals surface area contributed by atoms with Crippen LogP contribution in [0.25, 0.3) is 5.00 Å². The molecule has 0 radical (unpaired) electrons. The quantitative estimate of drug-likeness (QED) is 0.290. The number of nitrogens with one attached hydrogen (secondary N) is 1. The Morgan fingerprint density at radius 3 is 2.72 bits per heavy atom. The summed E-state index contributed by atoms with van der Waals surface area (Å²) in [6.07, 6.45) is 3.34. The highest BCUT2D eigenvalue weighted by Crippen LogP contribution is 2.40. The maximum absolute atomic E-state index is 13.4. The van der Waals surface area contributed by atoms with Crippen LogP contribution in [0.4, 0.5) is 5.69 Å². The van der Waals surface area contributed by atoms with E-state index in [1.165, 1.54) is 16.0 Å². The number of hydrogen-bond donors (Lipinski definition) is 1. The number of hydrogen-bond acceptors (Lipinski definition) is 6. The van der Waals surface area contributed by atoms with Gasteiger partial charge in [0.05, 0.1) is 18.2 Å². The number of aliphatic imine (C=N–C) groups is 1. The molecule has 6 rings (SSSR count). The SMILES string of the molecule is CO[C@H]1CCCc2cc(NC(=O)C[C@@H]3N=C(c4ccc(Cl)cc4)c4c(sc(C)c4C)-n4c(C)nnc43)ccc21. The van der Waals surface area contributed by atoms with Crippen LogP contribution in [0, 0.1) is 20.8 Å². The summed E-state index contributed by atoms with van der Waals surface area (Å²) < 4.78 is 7.71. The average Bonchev–Trinajstić information content (AvgIpc) is 3.40. The zero-order valence-electron chi connectivity index (χ0n) is 22.4. The highest BCUT2D eigenvalue weighted by Gasteiger charge is 2.32. The Balaban J connectivity index is 1.37. The molecular weight excluding hydrogens is 530 g/mol. The molecule has 0 spiro atoms. The molecule has 0 fully saturated rings. The standard InChI is InChI=1S/C30H30ClN5O2S/c1-16-17(2)39-30-27(16)28(19-8-10-21(31)11-9-19)33-24(29-35-34-18(3)36(29)30)15-26(37)32-22-12-13-23-20(14-22)6-5-7-25(23)38-4/h8-14,24-25H,5-7,15H2,1-4H3,(H,32,37)/t24-,25-/m0/s1. The molecule has 2 atom stereocenters. The minimum Gasteiger partial charge on any atom is -0.377 e. The van der Waals surface area contributed by atoms with E-state index in [-0.39, 0.29) is 18.4 Å². The first-order valence-corrected chi connectivity index (χ1v) is 14.3. The normalized spacial score (nSPS) is 18.0. The Kier molecular flexibility index (Phi) is 6.87. The molecule has 7 nitrogen and oxygen atoms in total. The third-order valence-electron chi connectivity index (χ3n) is 7.71. The Morgan fingerprint density at radius 2 is 1.95 bits per heavy atom. The monoisotopic (exact) mass is 559 g/mol. The minimum atomic E-state index is -0.508. The minimum absolute atomic E-state index is 0.119. The van der Waals surface area contributed by atoms with Crippen molar-refractivity contribution in [2.75, 3.05) is 12.4 Å². The lowest BCUT2D eigenvalue weighted by molar-refractivity contribution is -0.116. The third kappa shape index (κ3) is 4.71. The Bertz CT molecular complexity index is 1600. The van der Waals surface area contributed by atoms with E-state index in [2.05, 4.69) is 46.1 Å². The van der Waals surface area contributed by atoms with E-state index < -0.39 is 6.04 Å². The molecule has 1 aliphatic heterocycles.